The lowest BCUT2D eigenvalue weighted by Gasteiger charge is -2.32. The summed E-state index contributed by atoms with van der Waals surface area (Å²) in [4.78, 5) is 28.3. The molecule has 0 fully saturated rings. The summed E-state index contributed by atoms with van der Waals surface area (Å²) in [6.45, 7) is 5.42. The zero-order valence-electron chi connectivity index (χ0n) is 23.9. The summed E-state index contributed by atoms with van der Waals surface area (Å²) in [6.07, 6.45) is 0. The second kappa shape index (κ2) is 13.8. The summed E-state index contributed by atoms with van der Waals surface area (Å²) >= 11 is 0. The van der Waals surface area contributed by atoms with Crippen molar-refractivity contribution < 1.29 is 22.7 Å². The van der Waals surface area contributed by atoms with Crippen LogP contribution in [0.4, 0.5) is 5.69 Å². The molecule has 1 atom stereocenters. The molecule has 0 radical (unpaired) electrons. The topological polar surface area (TPSA) is 96.0 Å². The van der Waals surface area contributed by atoms with Gasteiger partial charge in [0, 0.05) is 13.1 Å². The van der Waals surface area contributed by atoms with Crippen LogP contribution in [0, 0.1) is 6.92 Å². The molecule has 0 unspecified atom stereocenters. The van der Waals surface area contributed by atoms with Gasteiger partial charge in [0.1, 0.15) is 24.1 Å². The molecule has 0 spiro atoms. The molecule has 1 N–H and O–H groups in total. The van der Waals surface area contributed by atoms with E-state index in [2.05, 4.69) is 5.32 Å². The Hall–Kier alpha value is -4.63. The number of nitrogens with zero attached hydrogens (tertiary/aromatic N) is 2. The number of hydrogen-bond acceptors (Lipinski definition) is 5. The third kappa shape index (κ3) is 7.36. The van der Waals surface area contributed by atoms with Crippen molar-refractivity contribution in [1.82, 2.24) is 10.2 Å². The van der Waals surface area contributed by atoms with Crippen LogP contribution in [0.5, 0.6) is 11.5 Å². The first-order chi connectivity index (χ1) is 20.2. The number of anilines is 1. The van der Waals surface area contributed by atoms with Gasteiger partial charge >= 0.3 is 0 Å². The molecular weight excluding hydrogens is 550 g/mol. The Morgan fingerprint density at radius 1 is 0.810 bits per heavy atom. The first-order valence-electron chi connectivity index (χ1n) is 13.7. The van der Waals surface area contributed by atoms with Crippen molar-refractivity contribution in [3.63, 3.8) is 0 Å². The minimum absolute atomic E-state index is 0.0460. The van der Waals surface area contributed by atoms with Gasteiger partial charge in [0.15, 0.2) is 0 Å². The van der Waals surface area contributed by atoms with E-state index in [1.165, 1.54) is 17.0 Å². The van der Waals surface area contributed by atoms with Gasteiger partial charge in [0.25, 0.3) is 10.0 Å². The maximum Gasteiger partial charge on any atom is 0.264 e. The van der Waals surface area contributed by atoms with Gasteiger partial charge in [-0.3, -0.25) is 13.9 Å². The number of nitrogens with one attached hydrogen (secondary N) is 1. The second-order valence-corrected chi connectivity index (χ2v) is 11.6. The predicted octanol–water partition coefficient (Wildman–Crippen LogP) is 5.54. The summed E-state index contributed by atoms with van der Waals surface area (Å²) < 4.78 is 34.8. The highest BCUT2D eigenvalue weighted by molar-refractivity contribution is 7.92. The van der Waals surface area contributed by atoms with Gasteiger partial charge in [-0.15, -0.1) is 0 Å². The lowest BCUT2D eigenvalue weighted by Crippen LogP contribution is -2.51. The summed E-state index contributed by atoms with van der Waals surface area (Å²) in [7, 11) is -4.15. The molecule has 4 rings (SSSR count). The van der Waals surface area contributed by atoms with Gasteiger partial charge in [-0.1, -0.05) is 60.7 Å². The van der Waals surface area contributed by atoms with Crippen molar-refractivity contribution in [2.24, 2.45) is 0 Å². The third-order valence-electron chi connectivity index (χ3n) is 6.83. The monoisotopic (exact) mass is 585 g/mol. The molecule has 0 aromatic heterocycles. The molecule has 0 heterocycles. The lowest BCUT2D eigenvalue weighted by molar-refractivity contribution is -0.139. The fourth-order valence-electron chi connectivity index (χ4n) is 4.43. The Labute approximate surface area is 247 Å². The van der Waals surface area contributed by atoms with Crippen LogP contribution in [0.3, 0.4) is 0 Å². The number of sulfonamides is 1. The van der Waals surface area contributed by atoms with Crippen LogP contribution in [-0.2, 0) is 26.2 Å². The molecule has 0 saturated carbocycles. The summed E-state index contributed by atoms with van der Waals surface area (Å²) in [5, 5.41) is 2.77. The molecule has 0 aliphatic rings. The number of aryl methyl sites for hydroxylation is 1. The van der Waals surface area contributed by atoms with Gasteiger partial charge in [-0.2, -0.15) is 0 Å². The lowest BCUT2D eigenvalue weighted by atomic mass is 10.1. The smallest absolute Gasteiger partial charge is 0.264 e. The van der Waals surface area contributed by atoms with Crippen LogP contribution in [0.2, 0.25) is 0 Å². The molecule has 9 heteroatoms. The van der Waals surface area contributed by atoms with E-state index in [1.807, 2.05) is 61.5 Å². The molecule has 8 nitrogen and oxygen atoms in total. The number of ether oxygens (including phenoxy) is 1. The number of likely N-dealkylation sites (N-methyl/N-ethyl adjacent to an activating group) is 1. The molecule has 4 aromatic carbocycles. The Balaban J connectivity index is 1.69. The van der Waals surface area contributed by atoms with Gasteiger partial charge < -0.3 is 15.0 Å². The van der Waals surface area contributed by atoms with Crippen LogP contribution < -0.4 is 14.4 Å². The summed E-state index contributed by atoms with van der Waals surface area (Å²) in [5.41, 5.74) is 2.11. The summed E-state index contributed by atoms with van der Waals surface area (Å²) in [5.74, 6) is 0.320. The highest BCUT2D eigenvalue weighted by Crippen LogP contribution is 2.28. The normalized spacial score (nSPS) is 11.8. The molecule has 0 saturated heterocycles. The number of hydrogen-bond donors (Lipinski definition) is 1. The fourth-order valence-corrected chi connectivity index (χ4v) is 5.86. The maximum atomic E-state index is 14.0. The van der Waals surface area contributed by atoms with Crippen LogP contribution in [-0.4, -0.2) is 44.3 Å². The van der Waals surface area contributed by atoms with Crippen molar-refractivity contribution in [2.45, 2.75) is 38.3 Å². The Morgan fingerprint density at radius 2 is 1.38 bits per heavy atom. The minimum atomic E-state index is -4.15. The molecule has 42 heavy (non-hydrogen) atoms. The number of carbonyl (C=O) groups excluding carboxylic acids is 2. The highest BCUT2D eigenvalue weighted by Gasteiger charge is 2.32. The van der Waals surface area contributed by atoms with Gasteiger partial charge in [-0.25, -0.2) is 8.42 Å². The Bertz CT molecular complexity index is 1590. The average molecular weight is 586 g/mol. The van der Waals surface area contributed by atoms with Crippen molar-refractivity contribution in [1.29, 1.82) is 0 Å². The van der Waals surface area contributed by atoms with Crippen LogP contribution in [0.15, 0.2) is 114 Å². The van der Waals surface area contributed by atoms with Gasteiger partial charge in [0.05, 0.1) is 10.6 Å². The van der Waals surface area contributed by atoms with Crippen molar-refractivity contribution in [2.75, 3.05) is 17.4 Å². The predicted molar refractivity (Wildman–Crippen MR) is 164 cm³/mol. The van der Waals surface area contributed by atoms with E-state index in [0.717, 1.165) is 15.4 Å². The molecule has 218 valence electrons. The quantitative estimate of drug-likeness (QED) is 0.236. The van der Waals surface area contributed by atoms with Gasteiger partial charge in [0.2, 0.25) is 11.8 Å². The minimum Gasteiger partial charge on any atom is -0.457 e. The van der Waals surface area contributed by atoms with E-state index >= 15 is 0 Å². The zero-order valence-corrected chi connectivity index (χ0v) is 24.8. The van der Waals surface area contributed by atoms with E-state index in [0.29, 0.717) is 18.0 Å². The average Bonchev–Trinajstić information content (AvgIpc) is 3.00. The number of amides is 2. The van der Waals surface area contributed by atoms with E-state index in [1.54, 1.807) is 56.3 Å². The second-order valence-electron chi connectivity index (χ2n) is 9.75. The zero-order chi connectivity index (χ0) is 30.1. The SMILES string of the molecule is CCNC(=O)[C@H](C)N(Cc1ccccc1C)C(=O)CN(c1ccc(Oc2ccccc2)cc1)S(=O)(=O)c1ccccc1. The largest absolute Gasteiger partial charge is 0.457 e. The van der Waals surface area contributed by atoms with Crippen molar-refractivity contribution in [3.05, 3.63) is 120 Å². The van der Waals surface area contributed by atoms with Crippen LogP contribution >= 0.6 is 0 Å². The van der Waals surface area contributed by atoms with Crippen LogP contribution in [0.1, 0.15) is 25.0 Å². The van der Waals surface area contributed by atoms with Crippen molar-refractivity contribution >= 4 is 27.5 Å². The number of carbonyl (C=O) groups is 2. The molecule has 0 aliphatic carbocycles. The summed E-state index contributed by atoms with van der Waals surface area (Å²) in [6, 6.07) is 30.5. The Kier molecular flexibility index (Phi) is 9.98. The van der Waals surface area contributed by atoms with Crippen molar-refractivity contribution in [3.8, 4) is 11.5 Å². The Morgan fingerprint density at radius 3 is 2.00 bits per heavy atom. The number of rotatable bonds is 12. The van der Waals surface area contributed by atoms with E-state index in [9.17, 15) is 18.0 Å². The first-order valence-corrected chi connectivity index (χ1v) is 15.2. The molecule has 0 bridgehead atoms. The van der Waals surface area contributed by atoms with Gasteiger partial charge in [-0.05, 0) is 80.4 Å². The molecule has 2 amide bonds. The number of benzene rings is 4. The maximum absolute atomic E-state index is 14.0. The third-order valence-corrected chi connectivity index (χ3v) is 8.62. The highest BCUT2D eigenvalue weighted by atomic mass is 32.2. The van der Waals surface area contributed by atoms with Crippen LogP contribution in [0.25, 0.3) is 0 Å². The number of para-hydroxylation sites is 1. The van der Waals surface area contributed by atoms with E-state index < -0.39 is 28.5 Å². The fraction of sp³-hybridized carbons (Fsp3) is 0.212. The molecular formula is C33H35N3O5S. The first kappa shape index (κ1) is 30.3. The van der Waals surface area contributed by atoms with E-state index in [4.69, 9.17) is 4.74 Å². The molecule has 4 aromatic rings. The standard InChI is InChI=1S/C33H35N3O5S/c1-4-34-33(38)26(3)35(23-27-14-12-11-13-25(27)2)32(37)24-36(42(39,40)31-17-9-6-10-18-31)28-19-21-30(22-20-28)41-29-15-7-5-8-16-29/h5-22,26H,4,23-24H2,1-3H3,(H,34,38)/t26-/m0/s1. The van der Waals surface area contributed by atoms with E-state index in [-0.39, 0.29) is 23.0 Å². The molecule has 0 aliphatic heterocycles.